The predicted molar refractivity (Wildman–Crippen MR) is 93.4 cm³/mol. The Balaban J connectivity index is 1.61. The summed E-state index contributed by atoms with van der Waals surface area (Å²) in [4.78, 5) is 11.9. The fraction of sp³-hybridized carbons (Fsp3) is 0.105. The lowest BCUT2D eigenvalue weighted by atomic mass is 10.0. The van der Waals surface area contributed by atoms with Crippen LogP contribution in [0.2, 0.25) is 0 Å². The van der Waals surface area contributed by atoms with E-state index in [1.165, 1.54) is 6.07 Å². The van der Waals surface area contributed by atoms with Crippen LogP contribution in [0.1, 0.15) is 22.0 Å². The second-order valence-corrected chi connectivity index (χ2v) is 6.27. The maximum atomic E-state index is 13.2. The smallest absolute Gasteiger partial charge is 0.251 e. The molecule has 1 amide bonds. The Morgan fingerprint density at radius 3 is 2.44 bits per heavy atom. The minimum absolute atomic E-state index is 0.00101. The molecule has 0 aliphatic rings. The Kier molecular flexibility index (Phi) is 5.21. The number of carbonyl (C=O) groups excluding carboxylic acids is 1. The zero-order valence-electron chi connectivity index (χ0n) is 13.1. The van der Waals surface area contributed by atoms with Crippen molar-refractivity contribution in [2.45, 2.75) is 6.10 Å². The molecule has 2 aromatic carbocycles. The van der Waals surface area contributed by atoms with E-state index in [0.29, 0.717) is 5.56 Å². The van der Waals surface area contributed by atoms with Crippen molar-refractivity contribution < 1.29 is 18.7 Å². The summed E-state index contributed by atoms with van der Waals surface area (Å²) in [5.41, 5.74) is 2.81. The fourth-order valence-electron chi connectivity index (χ4n) is 2.37. The minimum Gasteiger partial charge on any atom is -0.387 e. The van der Waals surface area contributed by atoms with Gasteiger partial charge in [0.05, 0.1) is 6.10 Å². The van der Waals surface area contributed by atoms with Crippen molar-refractivity contribution in [3.63, 3.8) is 0 Å². The maximum absolute atomic E-state index is 13.2. The minimum atomic E-state index is -1.09. The van der Waals surface area contributed by atoms with Gasteiger partial charge in [-0.1, -0.05) is 24.3 Å². The van der Waals surface area contributed by atoms with Gasteiger partial charge in [0.25, 0.3) is 5.91 Å². The molecule has 0 saturated heterocycles. The van der Waals surface area contributed by atoms with Crippen LogP contribution in [0.5, 0.6) is 0 Å². The van der Waals surface area contributed by atoms with Crippen molar-refractivity contribution in [2.75, 3.05) is 6.54 Å². The highest BCUT2D eigenvalue weighted by Gasteiger charge is 2.13. The standard InChI is InChI=1S/C19H15F2NO2S/c20-16-6-5-14(9-17(16)21)19(24)22-10-18(23)13-3-1-12(2-4-13)15-7-8-25-11-15/h1-9,11,18,23H,10H2,(H,22,24)/t18-/m1/s1. The van der Waals surface area contributed by atoms with Gasteiger partial charge < -0.3 is 10.4 Å². The molecule has 128 valence electrons. The molecule has 0 aliphatic heterocycles. The van der Waals surface area contributed by atoms with Crippen molar-refractivity contribution in [1.82, 2.24) is 5.32 Å². The third-order valence-electron chi connectivity index (χ3n) is 3.79. The van der Waals surface area contributed by atoms with Crippen molar-refractivity contribution in [3.05, 3.63) is 82.1 Å². The van der Waals surface area contributed by atoms with Gasteiger partial charge in [0.2, 0.25) is 0 Å². The fourth-order valence-corrected chi connectivity index (χ4v) is 3.04. The van der Waals surface area contributed by atoms with E-state index in [-0.39, 0.29) is 12.1 Å². The van der Waals surface area contributed by atoms with Gasteiger partial charge in [-0.2, -0.15) is 11.3 Å². The molecule has 0 aliphatic carbocycles. The molecular weight excluding hydrogens is 344 g/mol. The molecule has 3 rings (SSSR count). The number of nitrogens with one attached hydrogen (secondary N) is 1. The lowest BCUT2D eigenvalue weighted by Crippen LogP contribution is -2.28. The van der Waals surface area contributed by atoms with Gasteiger partial charge in [-0.3, -0.25) is 4.79 Å². The number of benzene rings is 2. The first-order valence-electron chi connectivity index (χ1n) is 7.58. The van der Waals surface area contributed by atoms with E-state index in [2.05, 4.69) is 5.32 Å². The molecule has 1 heterocycles. The first-order chi connectivity index (χ1) is 12.0. The SMILES string of the molecule is O=C(NC[C@@H](O)c1ccc(-c2ccsc2)cc1)c1ccc(F)c(F)c1. The zero-order valence-corrected chi connectivity index (χ0v) is 13.9. The lowest BCUT2D eigenvalue weighted by molar-refractivity contribution is 0.0916. The van der Waals surface area contributed by atoms with E-state index >= 15 is 0 Å². The van der Waals surface area contributed by atoms with Crippen molar-refractivity contribution in [1.29, 1.82) is 0 Å². The zero-order chi connectivity index (χ0) is 17.8. The topological polar surface area (TPSA) is 49.3 Å². The van der Waals surface area contributed by atoms with Crippen LogP contribution in [0.25, 0.3) is 11.1 Å². The maximum Gasteiger partial charge on any atom is 0.251 e. The van der Waals surface area contributed by atoms with E-state index in [1.807, 2.05) is 29.0 Å². The van der Waals surface area contributed by atoms with Crippen molar-refractivity contribution in [3.8, 4) is 11.1 Å². The number of amides is 1. The summed E-state index contributed by atoms with van der Waals surface area (Å²) < 4.78 is 26.0. The molecule has 0 radical (unpaired) electrons. The molecule has 3 aromatic rings. The van der Waals surface area contributed by atoms with E-state index in [4.69, 9.17) is 0 Å². The Bertz CT molecular complexity index is 864. The Labute approximate surface area is 147 Å². The highest BCUT2D eigenvalue weighted by Crippen LogP contribution is 2.24. The Morgan fingerprint density at radius 1 is 1.04 bits per heavy atom. The second kappa shape index (κ2) is 7.55. The van der Waals surface area contributed by atoms with Crippen LogP contribution in [0.15, 0.2) is 59.3 Å². The van der Waals surface area contributed by atoms with Gasteiger partial charge in [-0.25, -0.2) is 8.78 Å². The van der Waals surface area contributed by atoms with Gasteiger partial charge in [-0.15, -0.1) is 0 Å². The molecule has 25 heavy (non-hydrogen) atoms. The highest BCUT2D eigenvalue weighted by molar-refractivity contribution is 7.08. The molecule has 0 spiro atoms. The van der Waals surface area contributed by atoms with Crippen molar-refractivity contribution >= 4 is 17.2 Å². The van der Waals surface area contributed by atoms with Gasteiger partial charge >= 0.3 is 0 Å². The summed E-state index contributed by atoms with van der Waals surface area (Å²) in [7, 11) is 0. The van der Waals surface area contributed by atoms with Gasteiger partial charge in [0.15, 0.2) is 11.6 Å². The molecular formula is C19H15F2NO2S. The number of aliphatic hydroxyl groups excluding tert-OH is 1. The summed E-state index contributed by atoms with van der Waals surface area (Å²) in [5.74, 6) is -2.67. The summed E-state index contributed by atoms with van der Waals surface area (Å²) in [6.45, 7) is -0.0321. The first-order valence-corrected chi connectivity index (χ1v) is 8.53. The second-order valence-electron chi connectivity index (χ2n) is 5.49. The van der Waals surface area contributed by atoms with Crippen LogP contribution in [0.4, 0.5) is 8.78 Å². The van der Waals surface area contributed by atoms with Gasteiger partial charge in [-0.05, 0) is 51.7 Å². The summed E-state index contributed by atoms with van der Waals surface area (Å²) in [5, 5.41) is 16.7. The lowest BCUT2D eigenvalue weighted by Gasteiger charge is -2.13. The van der Waals surface area contributed by atoms with Crippen LogP contribution in [0, 0.1) is 11.6 Å². The average molecular weight is 359 g/mol. The molecule has 2 N–H and O–H groups in total. The molecule has 0 unspecified atom stereocenters. The number of aliphatic hydroxyl groups is 1. The third kappa shape index (κ3) is 4.10. The van der Waals surface area contributed by atoms with E-state index in [0.717, 1.165) is 23.3 Å². The molecule has 0 fully saturated rings. The van der Waals surface area contributed by atoms with Crippen LogP contribution in [-0.4, -0.2) is 17.6 Å². The summed E-state index contributed by atoms with van der Waals surface area (Å²) in [6.07, 6.45) is -0.897. The van der Waals surface area contributed by atoms with E-state index < -0.39 is 23.6 Å². The summed E-state index contributed by atoms with van der Waals surface area (Å²) >= 11 is 1.61. The Morgan fingerprint density at radius 2 is 1.80 bits per heavy atom. The number of hydrogen-bond donors (Lipinski definition) is 2. The molecule has 1 atom stereocenters. The van der Waals surface area contributed by atoms with Crippen LogP contribution >= 0.6 is 11.3 Å². The van der Waals surface area contributed by atoms with E-state index in [1.54, 1.807) is 23.5 Å². The molecule has 0 saturated carbocycles. The molecule has 6 heteroatoms. The van der Waals surface area contributed by atoms with Crippen LogP contribution in [-0.2, 0) is 0 Å². The third-order valence-corrected chi connectivity index (χ3v) is 4.47. The number of thiophene rings is 1. The Hall–Kier alpha value is -2.57. The van der Waals surface area contributed by atoms with Crippen LogP contribution < -0.4 is 5.32 Å². The van der Waals surface area contributed by atoms with Gasteiger partial charge in [0.1, 0.15) is 0 Å². The molecule has 0 bridgehead atoms. The van der Waals surface area contributed by atoms with Crippen LogP contribution in [0.3, 0.4) is 0 Å². The normalized spacial score (nSPS) is 12.0. The summed E-state index contributed by atoms with van der Waals surface area (Å²) in [6, 6.07) is 12.3. The number of carbonyl (C=O) groups is 1. The highest BCUT2D eigenvalue weighted by atomic mass is 32.1. The largest absolute Gasteiger partial charge is 0.387 e. The number of hydrogen-bond acceptors (Lipinski definition) is 3. The van der Waals surface area contributed by atoms with Crippen molar-refractivity contribution in [2.24, 2.45) is 0 Å². The quantitative estimate of drug-likeness (QED) is 0.719. The number of halogens is 2. The average Bonchev–Trinajstić information content (AvgIpc) is 3.16. The monoisotopic (exact) mass is 359 g/mol. The van der Waals surface area contributed by atoms with E-state index in [9.17, 15) is 18.7 Å². The number of rotatable bonds is 5. The first kappa shape index (κ1) is 17.3. The molecule has 1 aromatic heterocycles. The predicted octanol–water partition coefficient (Wildman–Crippen LogP) is 4.16. The van der Waals surface area contributed by atoms with Gasteiger partial charge in [0, 0.05) is 12.1 Å². The molecule has 3 nitrogen and oxygen atoms in total.